The molecule has 0 atom stereocenters. The molecule has 2 aromatic rings. The van der Waals surface area contributed by atoms with Gasteiger partial charge in [0.1, 0.15) is 0 Å². The van der Waals surface area contributed by atoms with Crippen molar-refractivity contribution >= 4 is 5.78 Å². The van der Waals surface area contributed by atoms with Crippen molar-refractivity contribution in [3.63, 3.8) is 0 Å². The van der Waals surface area contributed by atoms with Gasteiger partial charge in [0.05, 0.1) is 6.20 Å². The minimum Gasteiger partial charge on any atom is -0.287 e. The lowest BCUT2D eigenvalue weighted by atomic mass is 10.0. The molecule has 76 valence electrons. The lowest BCUT2D eigenvalue weighted by molar-refractivity contribution is 0.103. The van der Waals surface area contributed by atoms with E-state index in [1.807, 2.05) is 26.0 Å². The number of rotatable bonds is 2. The van der Waals surface area contributed by atoms with Crippen LogP contribution in [-0.4, -0.2) is 21.2 Å². The maximum Gasteiger partial charge on any atom is 0.214 e. The number of benzene rings is 1. The molecule has 0 bridgehead atoms. The predicted octanol–water partition coefficient (Wildman–Crippen LogP) is 1.65. The Morgan fingerprint density at radius 2 is 2.07 bits per heavy atom. The Morgan fingerprint density at radius 3 is 2.67 bits per heavy atom. The van der Waals surface area contributed by atoms with Crippen LogP contribution in [0.3, 0.4) is 0 Å². The summed E-state index contributed by atoms with van der Waals surface area (Å²) in [5.41, 5.74) is 3.27. The molecule has 1 N–H and O–H groups in total. The first-order valence-corrected chi connectivity index (χ1v) is 4.66. The molecule has 1 aromatic carbocycles. The van der Waals surface area contributed by atoms with E-state index in [1.165, 1.54) is 11.8 Å². The number of nitrogens with zero attached hydrogens (tertiary/aromatic N) is 2. The van der Waals surface area contributed by atoms with Crippen LogP contribution >= 0.6 is 0 Å². The van der Waals surface area contributed by atoms with Gasteiger partial charge in [0, 0.05) is 5.56 Å². The van der Waals surface area contributed by atoms with Crippen LogP contribution in [0.15, 0.2) is 24.4 Å². The zero-order chi connectivity index (χ0) is 10.8. The second-order valence-corrected chi connectivity index (χ2v) is 3.48. The first-order chi connectivity index (χ1) is 7.18. The number of H-pyrrole nitrogens is 1. The molecule has 0 aliphatic rings. The van der Waals surface area contributed by atoms with Crippen LogP contribution in [0.2, 0.25) is 0 Å². The number of carbonyl (C=O) groups is 1. The van der Waals surface area contributed by atoms with Crippen LogP contribution in [0.25, 0.3) is 0 Å². The molecule has 0 fully saturated rings. The number of ketones is 1. The predicted molar refractivity (Wildman–Crippen MR) is 55.7 cm³/mol. The van der Waals surface area contributed by atoms with Crippen molar-refractivity contribution in [2.45, 2.75) is 13.8 Å². The summed E-state index contributed by atoms with van der Waals surface area (Å²) >= 11 is 0. The van der Waals surface area contributed by atoms with Crippen LogP contribution in [0.4, 0.5) is 0 Å². The lowest BCUT2D eigenvalue weighted by Gasteiger charge is -2.02. The van der Waals surface area contributed by atoms with E-state index in [2.05, 4.69) is 15.4 Å². The van der Waals surface area contributed by atoms with Crippen LogP contribution in [-0.2, 0) is 0 Å². The summed E-state index contributed by atoms with van der Waals surface area (Å²) in [6.07, 6.45) is 1.43. The lowest BCUT2D eigenvalue weighted by Crippen LogP contribution is -2.02. The zero-order valence-corrected chi connectivity index (χ0v) is 8.61. The molecular formula is C11H11N3O. The Kier molecular flexibility index (Phi) is 2.33. The van der Waals surface area contributed by atoms with Crippen LogP contribution in [0.1, 0.15) is 27.2 Å². The average molecular weight is 201 g/mol. The van der Waals surface area contributed by atoms with Crippen LogP contribution < -0.4 is 0 Å². The molecule has 2 rings (SSSR count). The number of aromatic nitrogens is 3. The summed E-state index contributed by atoms with van der Waals surface area (Å²) < 4.78 is 0. The van der Waals surface area contributed by atoms with Crippen molar-refractivity contribution in [2.75, 3.05) is 0 Å². The fourth-order valence-electron chi connectivity index (χ4n) is 1.34. The molecule has 0 radical (unpaired) electrons. The summed E-state index contributed by atoms with van der Waals surface area (Å²) in [5, 5.41) is 9.80. The Morgan fingerprint density at radius 1 is 1.27 bits per heavy atom. The molecule has 0 saturated heterocycles. The standard InChI is InChI=1S/C11H11N3O/c1-7-3-4-9(5-8(7)2)11(15)10-6-12-14-13-10/h3-6H,1-2H3,(H,12,13,14). The summed E-state index contributed by atoms with van der Waals surface area (Å²) in [4.78, 5) is 11.8. The van der Waals surface area contributed by atoms with Gasteiger partial charge in [-0.1, -0.05) is 12.1 Å². The highest BCUT2D eigenvalue weighted by Crippen LogP contribution is 2.12. The molecule has 4 nitrogen and oxygen atoms in total. The third kappa shape index (κ3) is 1.79. The second kappa shape index (κ2) is 3.65. The highest BCUT2D eigenvalue weighted by Gasteiger charge is 2.11. The minimum atomic E-state index is -0.105. The Balaban J connectivity index is 2.39. The molecule has 15 heavy (non-hydrogen) atoms. The number of nitrogens with one attached hydrogen (secondary N) is 1. The largest absolute Gasteiger partial charge is 0.287 e. The number of hydrogen-bond donors (Lipinski definition) is 1. The van der Waals surface area contributed by atoms with Crippen molar-refractivity contribution in [2.24, 2.45) is 0 Å². The number of carbonyl (C=O) groups excluding carboxylic acids is 1. The van der Waals surface area contributed by atoms with Gasteiger partial charge in [-0.05, 0) is 31.0 Å². The molecular weight excluding hydrogens is 190 g/mol. The van der Waals surface area contributed by atoms with Crippen molar-refractivity contribution in [3.05, 3.63) is 46.8 Å². The van der Waals surface area contributed by atoms with Gasteiger partial charge in [-0.25, -0.2) is 0 Å². The van der Waals surface area contributed by atoms with Gasteiger partial charge < -0.3 is 0 Å². The molecule has 0 spiro atoms. The van der Waals surface area contributed by atoms with E-state index in [1.54, 1.807) is 6.07 Å². The molecule has 0 saturated carbocycles. The van der Waals surface area contributed by atoms with Gasteiger partial charge in [0.2, 0.25) is 5.78 Å². The quantitative estimate of drug-likeness (QED) is 0.751. The van der Waals surface area contributed by atoms with E-state index in [0.717, 1.165) is 5.56 Å². The molecule has 1 aromatic heterocycles. The third-order valence-corrected chi connectivity index (χ3v) is 2.42. The van der Waals surface area contributed by atoms with Crippen LogP contribution in [0, 0.1) is 13.8 Å². The topological polar surface area (TPSA) is 58.6 Å². The number of aryl methyl sites for hydroxylation is 2. The summed E-state index contributed by atoms with van der Waals surface area (Å²) in [6.45, 7) is 3.99. The van der Waals surface area contributed by atoms with Gasteiger partial charge in [0.25, 0.3) is 0 Å². The minimum absolute atomic E-state index is 0.105. The van der Waals surface area contributed by atoms with E-state index in [9.17, 15) is 4.79 Å². The first-order valence-electron chi connectivity index (χ1n) is 4.66. The normalized spacial score (nSPS) is 10.3. The molecule has 0 amide bonds. The smallest absolute Gasteiger partial charge is 0.214 e. The Hall–Kier alpha value is -1.97. The fraction of sp³-hybridized carbons (Fsp3) is 0.182. The average Bonchev–Trinajstić information content (AvgIpc) is 2.74. The monoisotopic (exact) mass is 201 g/mol. The van der Waals surface area contributed by atoms with Crippen molar-refractivity contribution < 1.29 is 4.79 Å². The maximum atomic E-state index is 11.8. The van der Waals surface area contributed by atoms with Gasteiger partial charge in [-0.2, -0.15) is 15.4 Å². The van der Waals surface area contributed by atoms with Crippen molar-refractivity contribution in [3.8, 4) is 0 Å². The fourth-order valence-corrected chi connectivity index (χ4v) is 1.34. The van der Waals surface area contributed by atoms with Gasteiger partial charge in [-0.3, -0.25) is 4.79 Å². The highest BCUT2D eigenvalue weighted by atomic mass is 16.1. The van der Waals surface area contributed by atoms with Crippen molar-refractivity contribution in [1.29, 1.82) is 0 Å². The van der Waals surface area contributed by atoms with E-state index in [-0.39, 0.29) is 5.78 Å². The summed E-state index contributed by atoms with van der Waals surface area (Å²) in [6, 6.07) is 5.61. The number of aromatic amines is 1. The second-order valence-electron chi connectivity index (χ2n) is 3.48. The van der Waals surface area contributed by atoms with E-state index in [4.69, 9.17) is 0 Å². The van der Waals surface area contributed by atoms with E-state index in [0.29, 0.717) is 11.3 Å². The summed E-state index contributed by atoms with van der Waals surface area (Å²) in [5.74, 6) is -0.105. The molecule has 0 aliphatic heterocycles. The Labute approximate surface area is 87.3 Å². The molecule has 1 heterocycles. The van der Waals surface area contributed by atoms with Crippen molar-refractivity contribution in [1.82, 2.24) is 15.4 Å². The highest BCUT2D eigenvalue weighted by molar-refractivity contribution is 6.07. The third-order valence-electron chi connectivity index (χ3n) is 2.42. The summed E-state index contributed by atoms with van der Waals surface area (Å²) in [7, 11) is 0. The van der Waals surface area contributed by atoms with Gasteiger partial charge >= 0.3 is 0 Å². The van der Waals surface area contributed by atoms with E-state index >= 15 is 0 Å². The van der Waals surface area contributed by atoms with Crippen LogP contribution in [0.5, 0.6) is 0 Å². The zero-order valence-electron chi connectivity index (χ0n) is 8.61. The maximum absolute atomic E-state index is 11.8. The molecule has 0 aliphatic carbocycles. The molecule has 0 unspecified atom stereocenters. The van der Waals surface area contributed by atoms with E-state index < -0.39 is 0 Å². The first kappa shape index (κ1) is 9.58. The Bertz CT molecular complexity index is 489. The number of hydrogen-bond acceptors (Lipinski definition) is 3. The van der Waals surface area contributed by atoms with Gasteiger partial charge in [0.15, 0.2) is 5.69 Å². The SMILES string of the molecule is Cc1ccc(C(=O)c2cn[nH]n2)cc1C. The van der Waals surface area contributed by atoms with Gasteiger partial charge in [-0.15, -0.1) is 0 Å². The molecule has 4 heteroatoms.